The Morgan fingerprint density at radius 3 is 0.818 bits per heavy atom. The average Bonchev–Trinajstić information content (AvgIpc) is 1.66. The summed E-state index contributed by atoms with van der Waals surface area (Å²) in [7, 11) is 0. The van der Waals surface area contributed by atoms with E-state index < -0.39 is 10.2 Å². The van der Waals surface area contributed by atoms with Gasteiger partial charge in [0, 0.05) is 0 Å². The fourth-order valence-corrected chi connectivity index (χ4v) is 0. The van der Waals surface area contributed by atoms with Crippen LogP contribution in [0.2, 0.25) is 0 Å². The topological polar surface area (TPSA) is 149 Å². The van der Waals surface area contributed by atoms with Gasteiger partial charge >= 0.3 is 36.8 Å². The van der Waals surface area contributed by atoms with Crippen LogP contribution in [0.4, 0.5) is 0 Å². The molecule has 0 aromatic heterocycles. The Labute approximate surface area is 78.1 Å². The zero-order valence-electron chi connectivity index (χ0n) is 4.36. The summed E-state index contributed by atoms with van der Waals surface area (Å²) in [5.41, 5.74) is 0. The first-order valence-corrected chi connectivity index (χ1v) is 1.60. The zero-order valence-corrected chi connectivity index (χ0v) is 6.24. The Kier molecular flexibility index (Phi) is 46.6. The van der Waals surface area contributed by atoms with Crippen LogP contribution in [0.1, 0.15) is 0 Å². The van der Waals surface area contributed by atoms with Gasteiger partial charge in [-0.15, -0.1) is 0 Å². The molecule has 0 aliphatic heterocycles. The number of rotatable bonds is 0. The molecule has 0 saturated carbocycles. The van der Waals surface area contributed by atoms with Gasteiger partial charge in [-0.2, -0.15) is 0 Å². The Balaban J connectivity index is -0.0000000339. The van der Waals surface area contributed by atoms with Gasteiger partial charge < -0.3 is 30.6 Å². The van der Waals surface area contributed by atoms with Gasteiger partial charge in [-0.1, -0.05) is 0 Å². The number of hydrogen-bond acceptors (Lipinski definition) is 7. The molecule has 0 rings (SSSR count). The first-order valence-electron chi connectivity index (χ1n) is 1.22. The summed E-state index contributed by atoms with van der Waals surface area (Å²) in [6, 6.07) is 0. The summed E-state index contributed by atoms with van der Waals surface area (Å²) in [5, 5.41) is 29.5. The quantitative estimate of drug-likeness (QED) is 0.323. The molecule has 0 aliphatic rings. The van der Waals surface area contributed by atoms with Crippen LogP contribution in [0.25, 0.3) is 0 Å². The average molecular weight is 267 g/mol. The van der Waals surface area contributed by atoms with Crippen molar-refractivity contribution in [2.45, 2.75) is 0 Å². The van der Waals surface area contributed by atoms with Gasteiger partial charge in [-0.25, -0.2) is 0 Å². The molecule has 0 heterocycles. The minimum absolute atomic E-state index is 0. The summed E-state index contributed by atoms with van der Waals surface area (Å²) < 4.78 is 7.81. The van der Waals surface area contributed by atoms with E-state index in [1.165, 1.54) is 0 Å². The van der Waals surface area contributed by atoms with Crippen LogP contribution in [-0.4, -0.2) is 10.2 Å². The SMILES string of the molecule is O=[N+]([O-])[O-].O=[N+]([O-])[O-].[Cu+2].[O]=[Cu]. The van der Waals surface area contributed by atoms with Crippen molar-refractivity contribution in [3.63, 3.8) is 0 Å². The molecule has 0 fully saturated rings. The minimum atomic E-state index is -1.75. The van der Waals surface area contributed by atoms with Crippen molar-refractivity contribution < 1.29 is 47.0 Å². The summed E-state index contributed by atoms with van der Waals surface area (Å²) in [5.74, 6) is 0. The molecule has 0 bridgehead atoms. The molecule has 0 N–H and O–H groups in total. The number of nitrogens with zero attached hydrogens (tertiary/aromatic N) is 2. The second-order valence-electron chi connectivity index (χ2n) is 0.447. The van der Waals surface area contributed by atoms with Gasteiger partial charge in [0.05, 0.1) is 10.2 Å². The molecular formula is Cu2N2O7. The van der Waals surface area contributed by atoms with Crippen molar-refractivity contribution in [3.8, 4) is 0 Å². The van der Waals surface area contributed by atoms with Crippen LogP contribution in [0.5, 0.6) is 0 Å². The Bertz CT molecular complexity index is 82.6. The summed E-state index contributed by atoms with van der Waals surface area (Å²) in [6.07, 6.45) is 0. The fourth-order valence-electron chi connectivity index (χ4n) is 0. The molecule has 0 spiro atoms. The molecule has 0 aliphatic carbocycles. The predicted molar refractivity (Wildman–Crippen MR) is 21.4 cm³/mol. The molecule has 0 amide bonds. The molecule has 74 valence electrons. The van der Waals surface area contributed by atoms with E-state index in [4.69, 9.17) is 34.5 Å². The Morgan fingerprint density at radius 2 is 0.818 bits per heavy atom. The monoisotopic (exact) mass is 266 g/mol. The predicted octanol–water partition coefficient (Wildman–Crippen LogP) is -0.602. The van der Waals surface area contributed by atoms with Crippen molar-refractivity contribution in [1.82, 2.24) is 0 Å². The summed E-state index contributed by atoms with van der Waals surface area (Å²) in [4.78, 5) is 16.5. The molecule has 0 aromatic carbocycles. The van der Waals surface area contributed by atoms with Gasteiger partial charge in [0.15, 0.2) is 0 Å². The van der Waals surface area contributed by atoms with Crippen molar-refractivity contribution >= 4 is 0 Å². The van der Waals surface area contributed by atoms with Crippen LogP contribution in [0.15, 0.2) is 0 Å². The van der Waals surface area contributed by atoms with E-state index in [0.29, 0.717) is 0 Å². The molecular weight excluding hydrogens is 267 g/mol. The molecule has 0 aromatic rings. The molecule has 1 radical (unpaired) electrons. The maximum absolute atomic E-state index is 8.25. The maximum atomic E-state index is 8.25. The van der Waals surface area contributed by atoms with E-state index in [2.05, 4.69) is 15.9 Å². The Morgan fingerprint density at radius 1 is 0.818 bits per heavy atom. The van der Waals surface area contributed by atoms with Crippen molar-refractivity contribution in [2.75, 3.05) is 0 Å². The van der Waals surface area contributed by atoms with E-state index >= 15 is 0 Å². The van der Waals surface area contributed by atoms with Gasteiger partial charge in [-0.05, 0) is 0 Å². The van der Waals surface area contributed by atoms with Gasteiger partial charge in [0.2, 0.25) is 0 Å². The van der Waals surface area contributed by atoms with Crippen LogP contribution < -0.4 is 0 Å². The molecule has 0 atom stereocenters. The second-order valence-corrected chi connectivity index (χ2v) is 0.447. The molecule has 11 heteroatoms. The van der Waals surface area contributed by atoms with Crippen LogP contribution in [0, 0.1) is 30.6 Å². The third kappa shape index (κ3) is 836. The van der Waals surface area contributed by atoms with E-state index in [9.17, 15) is 0 Å². The summed E-state index contributed by atoms with van der Waals surface area (Å²) >= 11 is 2.94. The second kappa shape index (κ2) is 22.8. The van der Waals surface area contributed by atoms with Crippen molar-refractivity contribution in [3.05, 3.63) is 30.6 Å². The molecule has 0 saturated heterocycles. The van der Waals surface area contributed by atoms with Gasteiger partial charge in [-0.3, -0.25) is 0 Å². The zero-order chi connectivity index (χ0) is 9.15. The van der Waals surface area contributed by atoms with E-state index in [-0.39, 0.29) is 17.1 Å². The third-order valence-corrected chi connectivity index (χ3v) is 0. The van der Waals surface area contributed by atoms with E-state index in [1.807, 2.05) is 0 Å². The molecule has 11 heavy (non-hydrogen) atoms. The fraction of sp³-hybridized carbons (Fsp3) is 0. The molecule has 9 nitrogen and oxygen atoms in total. The van der Waals surface area contributed by atoms with Crippen LogP contribution in [-0.2, 0) is 36.8 Å². The Hall–Kier alpha value is -0.761. The van der Waals surface area contributed by atoms with Gasteiger partial charge in [0.25, 0.3) is 0 Å². The third-order valence-electron chi connectivity index (χ3n) is 0. The first-order chi connectivity index (χ1) is 4.46. The van der Waals surface area contributed by atoms with E-state index in [0.717, 1.165) is 0 Å². The van der Waals surface area contributed by atoms with Crippen molar-refractivity contribution in [2.24, 2.45) is 0 Å². The standard InChI is InChI=1S/2Cu.2NO3.O/c;;2*2-1(3)4;/q;+2;2*-1;. The van der Waals surface area contributed by atoms with Gasteiger partial charge in [0.1, 0.15) is 0 Å². The van der Waals surface area contributed by atoms with Crippen LogP contribution in [0.3, 0.4) is 0 Å². The first kappa shape index (κ1) is 22.5. The molecule has 0 unspecified atom stereocenters. The van der Waals surface area contributed by atoms with Crippen molar-refractivity contribution in [1.29, 1.82) is 0 Å². The summed E-state index contributed by atoms with van der Waals surface area (Å²) in [6.45, 7) is 0. The number of hydrogen-bond donors (Lipinski definition) is 0. The normalized spacial score (nSPS) is 4.91. The van der Waals surface area contributed by atoms with E-state index in [1.54, 1.807) is 0 Å². The van der Waals surface area contributed by atoms with Crippen LogP contribution >= 0.6 is 0 Å².